The van der Waals surface area contributed by atoms with E-state index in [1.54, 1.807) is 16.8 Å². The van der Waals surface area contributed by atoms with E-state index in [2.05, 4.69) is 15.6 Å². The third-order valence-electron chi connectivity index (χ3n) is 4.09. The molecule has 3 rings (SSSR count). The first-order valence-corrected chi connectivity index (χ1v) is 10.5. The summed E-state index contributed by atoms with van der Waals surface area (Å²) >= 11 is 1.55. The number of amides is 2. The minimum atomic E-state index is -3.16. The number of benzene rings is 1. The second-order valence-corrected chi connectivity index (χ2v) is 8.87. The summed E-state index contributed by atoms with van der Waals surface area (Å²) in [6.45, 7) is 1.48. The number of hydrogen-bond donors (Lipinski definition) is 2. The average Bonchev–Trinajstić information content (AvgIpc) is 3.00. The maximum Gasteiger partial charge on any atom is 0.319 e. The molecule has 0 aliphatic carbocycles. The van der Waals surface area contributed by atoms with Gasteiger partial charge >= 0.3 is 6.03 Å². The van der Waals surface area contributed by atoms with Gasteiger partial charge in [-0.1, -0.05) is 0 Å². The lowest BCUT2D eigenvalue weighted by Gasteiger charge is -2.30. The Balaban J connectivity index is 1.51. The van der Waals surface area contributed by atoms with Gasteiger partial charge in [0.25, 0.3) is 0 Å². The van der Waals surface area contributed by atoms with E-state index in [0.29, 0.717) is 25.3 Å². The zero-order valence-corrected chi connectivity index (χ0v) is 15.0. The summed E-state index contributed by atoms with van der Waals surface area (Å²) in [5.41, 5.74) is 3.31. The maximum atomic E-state index is 12.0. The summed E-state index contributed by atoms with van der Waals surface area (Å²) in [6.07, 6.45) is 2.96. The fourth-order valence-corrected chi connectivity index (χ4v) is 4.44. The summed E-state index contributed by atoms with van der Waals surface area (Å²) < 4.78 is 25.8. The van der Waals surface area contributed by atoms with Crippen molar-refractivity contribution in [3.63, 3.8) is 0 Å². The molecule has 2 amide bonds. The molecule has 1 atom stereocenters. The highest BCUT2D eigenvalue weighted by Crippen LogP contribution is 2.21. The van der Waals surface area contributed by atoms with Gasteiger partial charge in [0.2, 0.25) is 10.0 Å². The minimum Gasteiger partial charge on any atom is -0.338 e. The summed E-state index contributed by atoms with van der Waals surface area (Å²) in [5, 5.41) is 5.61. The first-order chi connectivity index (χ1) is 11.4. The fraction of sp³-hybridized carbons (Fsp3) is 0.467. The molecule has 7 nitrogen and oxygen atoms in total. The van der Waals surface area contributed by atoms with Crippen LogP contribution in [0.25, 0.3) is 10.2 Å². The molecule has 1 aromatic carbocycles. The topological polar surface area (TPSA) is 91.4 Å². The van der Waals surface area contributed by atoms with Gasteiger partial charge in [-0.05, 0) is 37.0 Å². The van der Waals surface area contributed by atoms with Crippen molar-refractivity contribution in [2.24, 2.45) is 5.92 Å². The molecule has 1 aliphatic heterocycles. The van der Waals surface area contributed by atoms with Gasteiger partial charge in [0.05, 0.1) is 22.0 Å². The predicted molar refractivity (Wildman–Crippen MR) is 95.8 cm³/mol. The van der Waals surface area contributed by atoms with E-state index in [1.807, 2.05) is 18.2 Å². The van der Waals surface area contributed by atoms with Crippen molar-refractivity contribution in [2.75, 3.05) is 31.2 Å². The van der Waals surface area contributed by atoms with Crippen molar-refractivity contribution in [2.45, 2.75) is 12.8 Å². The largest absolute Gasteiger partial charge is 0.338 e. The number of rotatable bonds is 4. The number of fused-ring (bicyclic) bond motifs is 1. The first-order valence-electron chi connectivity index (χ1n) is 7.75. The van der Waals surface area contributed by atoms with E-state index in [0.717, 1.165) is 23.1 Å². The minimum absolute atomic E-state index is 0.139. The van der Waals surface area contributed by atoms with E-state index >= 15 is 0 Å². The number of nitrogens with zero attached hydrogens (tertiary/aromatic N) is 2. The van der Waals surface area contributed by atoms with Crippen molar-refractivity contribution in [3.05, 3.63) is 23.7 Å². The van der Waals surface area contributed by atoms with E-state index in [-0.39, 0.29) is 11.9 Å². The first kappa shape index (κ1) is 17.1. The van der Waals surface area contributed by atoms with Crippen LogP contribution >= 0.6 is 11.3 Å². The van der Waals surface area contributed by atoms with Crippen molar-refractivity contribution < 1.29 is 13.2 Å². The Morgan fingerprint density at radius 1 is 1.46 bits per heavy atom. The highest BCUT2D eigenvalue weighted by atomic mass is 32.2. The van der Waals surface area contributed by atoms with Gasteiger partial charge in [0, 0.05) is 25.3 Å². The smallest absolute Gasteiger partial charge is 0.319 e. The van der Waals surface area contributed by atoms with Gasteiger partial charge in [0.1, 0.15) is 0 Å². The van der Waals surface area contributed by atoms with Gasteiger partial charge in [-0.2, -0.15) is 0 Å². The van der Waals surface area contributed by atoms with Gasteiger partial charge < -0.3 is 10.6 Å². The Bertz CT molecular complexity index is 834. The van der Waals surface area contributed by atoms with E-state index in [1.165, 1.54) is 10.6 Å². The van der Waals surface area contributed by atoms with Crippen molar-refractivity contribution in [1.82, 2.24) is 14.6 Å². The summed E-state index contributed by atoms with van der Waals surface area (Å²) in [6, 6.07) is 5.30. The normalized spacial score (nSPS) is 19.3. The molecule has 1 fully saturated rings. The zero-order chi connectivity index (χ0) is 17.2. The zero-order valence-electron chi connectivity index (χ0n) is 13.4. The number of urea groups is 1. The molecule has 0 radical (unpaired) electrons. The fourth-order valence-electron chi connectivity index (χ4n) is 2.84. The van der Waals surface area contributed by atoms with Crippen LogP contribution in [0.2, 0.25) is 0 Å². The molecule has 1 saturated heterocycles. The van der Waals surface area contributed by atoms with Crippen LogP contribution in [0, 0.1) is 5.92 Å². The monoisotopic (exact) mass is 368 g/mol. The van der Waals surface area contributed by atoms with Crippen LogP contribution in [0.15, 0.2) is 23.7 Å². The molecule has 0 unspecified atom stereocenters. The third-order valence-corrected chi connectivity index (χ3v) is 6.17. The second-order valence-electron chi connectivity index (χ2n) is 6.00. The van der Waals surface area contributed by atoms with Crippen LogP contribution in [-0.2, 0) is 10.0 Å². The molecule has 0 spiro atoms. The maximum absolute atomic E-state index is 12.0. The van der Waals surface area contributed by atoms with Crippen LogP contribution in [0.5, 0.6) is 0 Å². The number of nitrogens with one attached hydrogen (secondary N) is 2. The summed E-state index contributed by atoms with van der Waals surface area (Å²) in [7, 11) is -3.16. The number of sulfonamides is 1. The third kappa shape index (κ3) is 4.22. The van der Waals surface area contributed by atoms with Crippen LogP contribution in [-0.4, -0.2) is 49.6 Å². The molecule has 1 aliphatic rings. The molecule has 0 bridgehead atoms. The lowest BCUT2D eigenvalue weighted by atomic mass is 10.00. The SMILES string of the molecule is CS(=O)(=O)N1CCC[C@H](CNC(=O)Nc2ccc3scnc3c2)C1. The number of carbonyl (C=O) groups is 1. The molecular weight excluding hydrogens is 348 g/mol. The lowest BCUT2D eigenvalue weighted by molar-refractivity contribution is 0.239. The van der Waals surface area contributed by atoms with Gasteiger partial charge in [-0.3, -0.25) is 0 Å². The number of thiazole rings is 1. The number of piperidine rings is 1. The quantitative estimate of drug-likeness (QED) is 0.864. The Morgan fingerprint density at radius 3 is 3.08 bits per heavy atom. The molecule has 130 valence electrons. The number of aromatic nitrogens is 1. The van der Waals surface area contributed by atoms with Gasteiger partial charge in [-0.25, -0.2) is 22.5 Å². The van der Waals surface area contributed by atoms with Crippen molar-refractivity contribution >= 4 is 43.3 Å². The van der Waals surface area contributed by atoms with Crippen LogP contribution in [0.3, 0.4) is 0 Å². The van der Waals surface area contributed by atoms with Crippen LogP contribution in [0.1, 0.15) is 12.8 Å². The molecule has 1 aromatic heterocycles. The Kier molecular flexibility index (Phi) is 5.02. The van der Waals surface area contributed by atoms with Crippen molar-refractivity contribution in [3.8, 4) is 0 Å². The molecule has 2 heterocycles. The van der Waals surface area contributed by atoms with Crippen LogP contribution < -0.4 is 10.6 Å². The summed E-state index contributed by atoms with van der Waals surface area (Å²) in [5.74, 6) is 0.139. The number of carbonyl (C=O) groups excluding carboxylic acids is 1. The standard InChI is InChI=1S/C15H20N4O3S2/c1-24(21,22)19-6-2-3-11(9-19)8-16-15(20)18-12-4-5-14-13(7-12)17-10-23-14/h4-5,7,10-11H,2-3,6,8-9H2,1H3,(H2,16,18,20)/t11-/m1/s1. The van der Waals surface area contributed by atoms with E-state index < -0.39 is 10.0 Å². The molecule has 2 N–H and O–H groups in total. The number of anilines is 1. The van der Waals surface area contributed by atoms with Gasteiger partial charge in [-0.15, -0.1) is 11.3 Å². The lowest BCUT2D eigenvalue weighted by Crippen LogP contribution is -2.43. The predicted octanol–water partition coefficient (Wildman–Crippen LogP) is 2.09. The molecule has 0 saturated carbocycles. The second kappa shape index (κ2) is 7.04. The molecular formula is C15H20N4O3S2. The summed E-state index contributed by atoms with van der Waals surface area (Å²) in [4.78, 5) is 16.3. The molecule has 24 heavy (non-hydrogen) atoms. The van der Waals surface area contributed by atoms with E-state index in [9.17, 15) is 13.2 Å². The van der Waals surface area contributed by atoms with E-state index in [4.69, 9.17) is 0 Å². The number of hydrogen-bond acceptors (Lipinski definition) is 5. The Morgan fingerprint density at radius 2 is 2.29 bits per heavy atom. The van der Waals surface area contributed by atoms with Gasteiger partial charge in [0.15, 0.2) is 0 Å². The average molecular weight is 368 g/mol. The van der Waals surface area contributed by atoms with Crippen LogP contribution in [0.4, 0.5) is 10.5 Å². The van der Waals surface area contributed by atoms with Crippen molar-refractivity contribution in [1.29, 1.82) is 0 Å². The Hall–Kier alpha value is -1.71. The Labute approximate surface area is 145 Å². The molecule has 2 aromatic rings. The highest BCUT2D eigenvalue weighted by Gasteiger charge is 2.25. The highest BCUT2D eigenvalue weighted by molar-refractivity contribution is 7.88. The molecule has 9 heteroatoms.